The van der Waals surface area contributed by atoms with Crippen LogP contribution in [0.2, 0.25) is 5.02 Å². The van der Waals surface area contributed by atoms with Crippen LogP contribution in [0.25, 0.3) is 11.1 Å². The van der Waals surface area contributed by atoms with Crippen LogP contribution in [0.15, 0.2) is 64.5 Å². The number of aliphatic imine (C=N–C) groups is 1. The zero-order valence-corrected chi connectivity index (χ0v) is 16.1. The molecule has 0 fully saturated rings. The molecule has 5 heteroatoms. The fourth-order valence-corrected chi connectivity index (χ4v) is 3.59. The summed E-state index contributed by atoms with van der Waals surface area (Å²) in [7, 11) is 3.42. The van der Waals surface area contributed by atoms with E-state index in [4.69, 9.17) is 21.3 Å². The Morgan fingerprint density at radius 2 is 1.78 bits per heavy atom. The summed E-state index contributed by atoms with van der Waals surface area (Å²) in [4.78, 5) is 17.2. The van der Waals surface area contributed by atoms with E-state index in [0.717, 1.165) is 39.3 Å². The predicted octanol–water partition coefficient (Wildman–Crippen LogP) is 4.63. The molecule has 1 aromatic heterocycles. The maximum atomic E-state index is 12.2. The molecule has 0 radical (unpaired) electrons. The van der Waals surface area contributed by atoms with Crippen LogP contribution in [0.5, 0.6) is 5.75 Å². The van der Waals surface area contributed by atoms with Gasteiger partial charge in [0.25, 0.3) is 5.56 Å². The second-order valence-electron chi connectivity index (χ2n) is 6.66. The molecule has 0 N–H and O–H groups in total. The van der Waals surface area contributed by atoms with E-state index in [9.17, 15) is 4.79 Å². The third-order valence-corrected chi connectivity index (χ3v) is 5.17. The van der Waals surface area contributed by atoms with E-state index in [1.165, 1.54) is 0 Å². The predicted molar refractivity (Wildman–Crippen MR) is 109 cm³/mol. The Morgan fingerprint density at radius 3 is 2.48 bits per heavy atom. The number of halogens is 1. The smallest absolute Gasteiger partial charge is 0.250 e. The molecular weight excluding hydrogens is 360 g/mol. The van der Waals surface area contributed by atoms with E-state index in [-0.39, 0.29) is 11.6 Å². The van der Waals surface area contributed by atoms with Crippen molar-refractivity contribution >= 4 is 17.3 Å². The maximum absolute atomic E-state index is 12.2. The first kappa shape index (κ1) is 17.6. The number of hydrogen-bond acceptors (Lipinski definition) is 3. The Labute approximate surface area is 162 Å². The van der Waals surface area contributed by atoms with Crippen molar-refractivity contribution in [2.75, 3.05) is 7.11 Å². The van der Waals surface area contributed by atoms with E-state index < -0.39 is 0 Å². The number of hydrogen-bond donors (Lipinski definition) is 0. The number of fused-ring (bicyclic) bond motifs is 3. The molecule has 0 aliphatic carbocycles. The molecule has 1 atom stereocenters. The topological polar surface area (TPSA) is 43.6 Å². The van der Waals surface area contributed by atoms with Gasteiger partial charge in [0.2, 0.25) is 0 Å². The Balaban J connectivity index is 2.05. The molecular formula is C22H19ClN2O2. The molecule has 2 aromatic carbocycles. The van der Waals surface area contributed by atoms with Gasteiger partial charge in [-0.2, -0.15) is 0 Å². The summed E-state index contributed by atoms with van der Waals surface area (Å²) in [5.74, 6) is 0.760. The first-order chi connectivity index (χ1) is 13.0. The van der Waals surface area contributed by atoms with Gasteiger partial charge in [-0.1, -0.05) is 23.7 Å². The molecule has 0 saturated heterocycles. The summed E-state index contributed by atoms with van der Waals surface area (Å²) in [5.41, 5.74) is 5.73. The van der Waals surface area contributed by atoms with Gasteiger partial charge in [0.15, 0.2) is 0 Å². The third kappa shape index (κ3) is 3.06. The van der Waals surface area contributed by atoms with E-state index in [1.54, 1.807) is 24.8 Å². The molecule has 0 amide bonds. The van der Waals surface area contributed by atoms with Gasteiger partial charge >= 0.3 is 0 Å². The van der Waals surface area contributed by atoms with Gasteiger partial charge in [0.1, 0.15) is 5.75 Å². The van der Waals surface area contributed by atoms with Gasteiger partial charge in [-0.3, -0.25) is 9.79 Å². The second-order valence-corrected chi connectivity index (χ2v) is 7.10. The average Bonchev–Trinajstić information content (AvgIpc) is 2.78. The van der Waals surface area contributed by atoms with E-state index in [0.29, 0.717) is 5.02 Å². The summed E-state index contributed by atoms with van der Waals surface area (Å²) in [5, 5.41) is 0.679. The average molecular weight is 379 g/mol. The van der Waals surface area contributed by atoms with Crippen molar-refractivity contribution in [1.29, 1.82) is 0 Å². The lowest BCUT2D eigenvalue weighted by Gasteiger charge is -2.14. The minimum Gasteiger partial charge on any atom is -0.497 e. The lowest BCUT2D eigenvalue weighted by atomic mass is 9.92. The number of nitrogens with zero attached hydrogens (tertiary/aromatic N) is 2. The van der Waals surface area contributed by atoms with Gasteiger partial charge in [0, 0.05) is 41.0 Å². The molecule has 4 rings (SSSR count). The first-order valence-corrected chi connectivity index (χ1v) is 9.09. The highest BCUT2D eigenvalue weighted by Gasteiger charge is 2.24. The fourth-order valence-electron chi connectivity index (χ4n) is 3.47. The molecule has 0 spiro atoms. The van der Waals surface area contributed by atoms with Crippen LogP contribution < -0.4 is 10.3 Å². The third-order valence-electron chi connectivity index (χ3n) is 4.92. The molecule has 27 heavy (non-hydrogen) atoms. The monoisotopic (exact) mass is 378 g/mol. The van der Waals surface area contributed by atoms with Crippen molar-refractivity contribution in [3.05, 3.63) is 86.8 Å². The van der Waals surface area contributed by atoms with Crippen LogP contribution in [0.3, 0.4) is 0 Å². The summed E-state index contributed by atoms with van der Waals surface area (Å²) >= 11 is 6.07. The molecule has 4 nitrogen and oxygen atoms in total. The zero-order chi connectivity index (χ0) is 19.1. The molecule has 0 bridgehead atoms. The van der Waals surface area contributed by atoms with Crippen molar-refractivity contribution in [1.82, 2.24) is 4.57 Å². The number of pyridine rings is 1. The second kappa shape index (κ2) is 6.71. The van der Waals surface area contributed by atoms with Crippen molar-refractivity contribution in [2.45, 2.75) is 13.0 Å². The van der Waals surface area contributed by atoms with Crippen LogP contribution in [0.4, 0.5) is 0 Å². The Kier molecular flexibility index (Phi) is 4.36. The summed E-state index contributed by atoms with van der Waals surface area (Å²) in [6.45, 7) is 2.01. The Bertz CT molecular complexity index is 1110. The van der Waals surface area contributed by atoms with E-state index >= 15 is 0 Å². The quantitative estimate of drug-likeness (QED) is 0.652. The Hall–Kier alpha value is -2.85. The lowest BCUT2D eigenvalue weighted by molar-refractivity contribution is 0.415. The summed E-state index contributed by atoms with van der Waals surface area (Å²) in [6.07, 6.45) is 1.89. The highest BCUT2D eigenvalue weighted by atomic mass is 35.5. The number of benzene rings is 2. The van der Waals surface area contributed by atoms with Crippen LogP contribution in [-0.2, 0) is 7.05 Å². The van der Waals surface area contributed by atoms with Gasteiger partial charge in [-0.15, -0.1) is 0 Å². The van der Waals surface area contributed by atoms with Crippen LogP contribution >= 0.6 is 11.6 Å². The molecule has 2 heterocycles. The number of ether oxygens (including phenoxy) is 1. The van der Waals surface area contributed by atoms with Gasteiger partial charge in [-0.05, 0) is 48.4 Å². The number of rotatable bonds is 2. The highest BCUT2D eigenvalue weighted by molar-refractivity contribution is 6.30. The molecule has 3 aromatic rings. The van der Waals surface area contributed by atoms with Crippen molar-refractivity contribution in [3.63, 3.8) is 0 Å². The molecule has 0 saturated carbocycles. The minimum atomic E-state index is -0.155. The van der Waals surface area contributed by atoms with E-state index in [2.05, 4.69) is 0 Å². The standard InChI is InChI=1S/C22H19ClN2O2/c1-13-18-11-21(26)25(2)12-20(18)17-9-8-16(27-3)10-19(17)22(24-13)14-4-6-15(23)7-5-14/h4-13H,1-3H3/t13-/m0/s1. The van der Waals surface area contributed by atoms with Gasteiger partial charge < -0.3 is 9.30 Å². The zero-order valence-electron chi connectivity index (χ0n) is 15.4. The summed E-state index contributed by atoms with van der Waals surface area (Å²) < 4.78 is 7.05. The SMILES string of the molecule is COc1ccc2c(c1)C(c1ccc(Cl)cc1)=N[C@@H](C)c1cc(=O)n(C)cc1-2. The molecule has 136 valence electrons. The van der Waals surface area contributed by atoms with Gasteiger partial charge in [-0.25, -0.2) is 0 Å². The van der Waals surface area contributed by atoms with E-state index in [1.807, 2.05) is 55.6 Å². The number of aryl methyl sites for hydroxylation is 1. The highest BCUT2D eigenvalue weighted by Crippen LogP contribution is 2.38. The van der Waals surface area contributed by atoms with Crippen molar-refractivity contribution in [3.8, 4) is 16.9 Å². The minimum absolute atomic E-state index is 0.0409. The van der Waals surface area contributed by atoms with Crippen LogP contribution in [-0.4, -0.2) is 17.4 Å². The largest absolute Gasteiger partial charge is 0.497 e. The molecule has 0 unspecified atom stereocenters. The van der Waals surface area contributed by atoms with Crippen LogP contribution in [0.1, 0.15) is 29.7 Å². The lowest BCUT2D eigenvalue weighted by Crippen LogP contribution is -2.17. The number of methoxy groups -OCH3 is 1. The maximum Gasteiger partial charge on any atom is 0.250 e. The van der Waals surface area contributed by atoms with Crippen LogP contribution in [0, 0.1) is 0 Å². The van der Waals surface area contributed by atoms with Crippen molar-refractivity contribution < 1.29 is 4.74 Å². The summed E-state index contributed by atoms with van der Waals surface area (Å²) in [6, 6.07) is 15.1. The van der Waals surface area contributed by atoms with Crippen molar-refractivity contribution in [2.24, 2.45) is 12.0 Å². The normalized spacial score (nSPS) is 15.4. The molecule has 1 aliphatic heterocycles. The van der Waals surface area contributed by atoms with Gasteiger partial charge in [0.05, 0.1) is 18.9 Å². The Morgan fingerprint density at radius 1 is 1.04 bits per heavy atom. The fraction of sp³-hybridized carbons (Fsp3) is 0.182. The number of aromatic nitrogens is 1. The first-order valence-electron chi connectivity index (χ1n) is 8.71. The molecule has 1 aliphatic rings.